The smallest absolute Gasteiger partial charge is 0.238 e. The van der Waals surface area contributed by atoms with Crippen molar-refractivity contribution in [3.63, 3.8) is 0 Å². The van der Waals surface area contributed by atoms with Crippen molar-refractivity contribution in [1.82, 2.24) is 24.1 Å². The van der Waals surface area contributed by atoms with Crippen molar-refractivity contribution in [2.45, 2.75) is 0 Å². The van der Waals surface area contributed by atoms with Crippen molar-refractivity contribution in [3.05, 3.63) is 188 Å². The molecule has 0 N–H and O–H groups in total. The number of fused-ring (bicyclic) bond motifs is 9. The molecule has 0 amide bonds. The summed E-state index contributed by atoms with van der Waals surface area (Å²) in [4.78, 5) is 15.8. The molecule has 57 heavy (non-hydrogen) atoms. The van der Waals surface area contributed by atoms with Crippen molar-refractivity contribution in [1.29, 1.82) is 0 Å². The zero-order valence-electron chi connectivity index (χ0n) is 30.5. The van der Waals surface area contributed by atoms with Crippen LogP contribution in [-0.2, 0) is 0 Å². The normalized spacial score (nSPS) is 11.9. The summed E-state index contributed by atoms with van der Waals surface area (Å²) in [6.07, 6.45) is 0. The lowest BCUT2D eigenvalue weighted by atomic mass is 10.0. The molecule has 12 aromatic rings. The highest BCUT2D eigenvalue weighted by molar-refractivity contribution is 6.13. The summed E-state index contributed by atoms with van der Waals surface area (Å²) >= 11 is 0. The van der Waals surface area contributed by atoms with E-state index < -0.39 is 0 Å². The molecule has 0 aliphatic rings. The van der Waals surface area contributed by atoms with Gasteiger partial charge in [0.2, 0.25) is 5.95 Å². The number of hydrogen-bond donors (Lipinski definition) is 0. The first kappa shape index (κ1) is 31.5. The van der Waals surface area contributed by atoms with Crippen LogP contribution in [0.3, 0.4) is 0 Å². The maximum absolute atomic E-state index is 6.95. The van der Waals surface area contributed by atoms with Gasteiger partial charge in [0.25, 0.3) is 0 Å². The Morgan fingerprint density at radius 1 is 0.351 bits per heavy atom. The zero-order valence-corrected chi connectivity index (χ0v) is 30.5. The van der Waals surface area contributed by atoms with E-state index in [9.17, 15) is 0 Å². The van der Waals surface area contributed by atoms with E-state index in [1.807, 2.05) is 36.4 Å². The minimum Gasteiger partial charge on any atom is -0.455 e. The van der Waals surface area contributed by atoms with E-state index in [2.05, 4.69) is 161 Å². The molecule has 266 valence electrons. The summed E-state index contributed by atoms with van der Waals surface area (Å²) in [6, 6.07) is 65.5. The first-order valence-electron chi connectivity index (χ1n) is 19.1. The van der Waals surface area contributed by atoms with Crippen LogP contribution in [-0.4, -0.2) is 24.1 Å². The van der Waals surface area contributed by atoms with Crippen LogP contribution >= 0.6 is 0 Å². The maximum Gasteiger partial charge on any atom is 0.238 e. The third-order valence-corrected chi connectivity index (χ3v) is 11.2. The number of para-hydroxylation sites is 4. The van der Waals surface area contributed by atoms with Crippen molar-refractivity contribution in [2.75, 3.05) is 0 Å². The standard InChI is InChI=1S/C51H31N5O/c1-3-15-32(16-4-1)34-27-28-40-41-30-35(55-43-23-11-7-19-36(43)37-20-8-12-24-44(37)55)31-42(48(41)57-47(40)29-34)50-52-49(33-17-5-2-6-18-33)53-51(54-50)56-45-25-13-9-21-38(45)39-22-10-14-26-46(39)56/h1-31H. The Labute approximate surface area is 326 Å². The van der Waals surface area contributed by atoms with Gasteiger partial charge < -0.3 is 8.98 Å². The van der Waals surface area contributed by atoms with E-state index in [1.165, 1.54) is 10.8 Å². The number of rotatable bonds is 5. The highest BCUT2D eigenvalue weighted by atomic mass is 16.3. The zero-order chi connectivity index (χ0) is 37.5. The van der Waals surface area contributed by atoms with Gasteiger partial charge in [0, 0.05) is 43.6 Å². The van der Waals surface area contributed by atoms with Gasteiger partial charge >= 0.3 is 0 Å². The molecule has 0 aliphatic heterocycles. The van der Waals surface area contributed by atoms with Crippen molar-refractivity contribution < 1.29 is 4.42 Å². The summed E-state index contributed by atoms with van der Waals surface area (Å²) in [5.74, 6) is 1.64. The summed E-state index contributed by atoms with van der Waals surface area (Å²) in [7, 11) is 0. The van der Waals surface area contributed by atoms with Crippen LogP contribution in [0.5, 0.6) is 0 Å². The van der Waals surface area contributed by atoms with Gasteiger partial charge in [0.05, 0.1) is 27.6 Å². The number of furan rings is 1. The van der Waals surface area contributed by atoms with Crippen LogP contribution < -0.4 is 0 Å². The molecule has 0 unspecified atom stereocenters. The molecule has 8 aromatic carbocycles. The molecular weight excluding hydrogens is 699 g/mol. The van der Waals surface area contributed by atoms with Gasteiger partial charge in [-0.05, 0) is 59.7 Å². The fraction of sp³-hybridized carbons (Fsp3) is 0. The van der Waals surface area contributed by atoms with Crippen LogP contribution in [0.15, 0.2) is 192 Å². The average molecular weight is 730 g/mol. The number of hydrogen-bond acceptors (Lipinski definition) is 4. The van der Waals surface area contributed by atoms with Crippen molar-refractivity contribution in [3.8, 4) is 45.5 Å². The lowest BCUT2D eigenvalue weighted by Crippen LogP contribution is -2.06. The van der Waals surface area contributed by atoms with Gasteiger partial charge in [-0.25, -0.2) is 4.98 Å². The summed E-state index contributed by atoms with van der Waals surface area (Å²) in [5.41, 5.74) is 10.7. The van der Waals surface area contributed by atoms with Crippen LogP contribution in [0.1, 0.15) is 0 Å². The molecule has 6 nitrogen and oxygen atoms in total. The van der Waals surface area contributed by atoms with E-state index in [-0.39, 0.29) is 0 Å². The maximum atomic E-state index is 6.95. The summed E-state index contributed by atoms with van der Waals surface area (Å²) in [5, 5.41) is 6.67. The topological polar surface area (TPSA) is 61.7 Å². The van der Waals surface area contributed by atoms with Gasteiger partial charge in [-0.15, -0.1) is 0 Å². The largest absolute Gasteiger partial charge is 0.455 e. The third kappa shape index (κ3) is 4.87. The number of benzene rings is 8. The van der Waals surface area contributed by atoms with Crippen LogP contribution in [0.25, 0.3) is 111 Å². The molecule has 0 saturated carbocycles. The molecule has 0 fully saturated rings. The Kier molecular flexibility index (Phi) is 6.83. The fourth-order valence-corrected chi connectivity index (χ4v) is 8.61. The number of nitrogens with zero attached hydrogens (tertiary/aromatic N) is 5. The van der Waals surface area contributed by atoms with E-state index in [0.29, 0.717) is 17.6 Å². The summed E-state index contributed by atoms with van der Waals surface area (Å²) in [6.45, 7) is 0. The van der Waals surface area contributed by atoms with E-state index in [4.69, 9.17) is 19.4 Å². The molecule has 0 atom stereocenters. The van der Waals surface area contributed by atoms with Gasteiger partial charge in [-0.1, -0.05) is 140 Å². The number of aromatic nitrogens is 5. The Morgan fingerprint density at radius 2 is 0.860 bits per heavy atom. The van der Waals surface area contributed by atoms with Crippen LogP contribution in [0.4, 0.5) is 0 Å². The quantitative estimate of drug-likeness (QED) is 0.177. The molecule has 0 radical (unpaired) electrons. The molecule has 6 heteroatoms. The second-order valence-electron chi connectivity index (χ2n) is 14.4. The lowest BCUT2D eigenvalue weighted by molar-refractivity contribution is 0.669. The van der Waals surface area contributed by atoms with Gasteiger partial charge in [-0.2, -0.15) is 9.97 Å². The minimum absolute atomic E-state index is 0.524. The van der Waals surface area contributed by atoms with Gasteiger partial charge in [0.15, 0.2) is 11.6 Å². The fourth-order valence-electron chi connectivity index (χ4n) is 8.61. The van der Waals surface area contributed by atoms with Crippen molar-refractivity contribution in [2.24, 2.45) is 0 Å². The lowest BCUT2D eigenvalue weighted by Gasteiger charge is -2.13. The van der Waals surface area contributed by atoms with Crippen LogP contribution in [0.2, 0.25) is 0 Å². The molecule has 4 heterocycles. The molecule has 0 aliphatic carbocycles. The Hall–Kier alpha value is -7.83. The molecule has 12 rings (SSSR count). The predicted octanol–water partition coefficient (Wildman–Crippen LogP) is 13.0. The Bertz CT molecular complexity index is 3420. The predicted molar refractivity (Wildman–Crippen MR) is 232 cm³/mol. The first-order chi connectivity index (χ1) is 28.3. The van der Waals surface area contributed by atoms with E-state index in [1.54, 1.807) is 0 Å². The highest BCUT2D eigenvalue weighted by Crippen LogP contribution is 2.41. The molecule has 4 aromatic heterocycles. The van der Waals surface area contributed by atoms with Crippen molar-refractivity contribution >= 4 is 65.6 Å². The third-order valence-electron chi connectivity index (χ3n) is 11.2. The second kappa shape index (κ2) is 12.3. The molecule has 0 spiro atoms. The second-order valence-corrected chi connectivity index (χ2v) is 14.4. The minimum atomic E-state index is 0.524. The first-order valence-corrected chi connectivity index (χ1v) is 19.1. The Balaban J connectivity index is 1.20. The monoisotopic (exact) mass is 729 g/mol. The van der Waals surface area contributed by atoms with Crippen LogP contribution in [0, 0.1) is 0 Å². The van der Waals surface area contributed by atoms with E-state index in [0.717, 1.165) is 82.7 Å². The van der Waals surface area contributed by atoms with Gasteiger partial charge in [0.1, 0.15) is 11.2 Å². The molecular formula is C51H31N5O. The summed E-state index contributed by atoms with van der Waals surface area (Å²) < 4.78 is 11.4. The average Bonchev–Trinajstić information content (AvgIpc) is 3.94. The highest BCUT2D eigenvalue weighted by Gasteiger charge is 2.23. The Morgan fingerprint density at radius 3 is 1.46 bits per heavy atom. The molecule has 0 bridgehead atoms. The van der Waals surface area contributed by atoms with E-state index >= 15 is 0 Å². The SMILES string of the molecule is c1ccc(-c2ccc3c(c2)oc2c(-c4nc(-c5ccccc5)nc(-n5c6ccccc6c6ccccc65)n4)cc(-n4c5ccccc5c5ccccc54)cc23)cc1. The van der Waals surface area contributed by atoms with Gasteiger partial charge in [-0.3, -0.25) is 4.57 Å². The molecule has 0 saturated heterocycles.